The number of benzene rings is 1. The Kier molecular flexibility index (Phi) is 5.52. The first-order valence-corrected chi connectivity index (χ1v) is 11.4. The lowest BCUT2D eigenvalue weighted by Crippen LogP contribution is -2.16. The highest BCUT2D eigenvalue weighted by atomic mass is 32.2. The predicted octanol–water partition coefficient (Wildman–Crippen LogP) is 2.35. The van der Waals surface area contributed by atoms with Gasteiger partial charge in [-0.3, -0.25) is 14.3 Å². The van der Waals surface area contributed by atoms with Crippen LogP contribution in [0.15, 0.2) is 43.0 Å². The first-order chi connectivity index (χ1) is 15.7. The van der Waals surface area contributed by atoms with Crippen molar-refractivity contribution in [3.63, 3.8) is 0 Å². The molecule has 168 valence electrons. The second-order valence-corrected chi connectivity index (χ2v) is 8.95. The summed E-state index contributed by atoms with van der Waals surface area (Å²) in [6.45, 7) is 1.78. The molecule has 0 saturated carbocycles. The van der Waals surface area contributed by atoms with Gasteiger partial charge in [-0.05, 0) is 25.1 Å². The molecular weight excluding hydrogens is 449 g/mol. The molecule has 0 radical (unpaired) electrons. The Morgan fingerprint density at radius 1 is 1.24 bits per heavy atom. The first kappa shape index (κ1) is 21.9. The second kappa shape index (κ2) is 8.32. The van der Waals surface area contributed by atoms with E-state index in [2.05, 4.69) is 30.0 Å². The number of nitrogens with two attached hydrogens (primary N) is 1. The van der Waals surface area contributed by atoms with Crippen LogP contribution >= 0.6 is 0 Å². The standard InChI is InChI=1S/C20H18FN9O2S/c1-11(27-19-15(7-22)18(23)25-10-26-19)20-28-16-4-3-12(21)5-17(16)30(20)14-6-13(8-24-9-14)29-33(2,31)32/h3-6,8-11,29H,1-2H3,(H3,23,25,26,27). The minimum atomic E-state index is -3.53. The zero-order valence-corrected chi connectivity index (χ0v) is 18.3. The van der Waals surface area contributed by atoms with Crippen LogP contribution in [0.25, 0.3) is 16.7 Å². The summed E-state index contributed by atoms with van der Waals surface area (Å²) < 4.78 is 41.4. The van der Waals surface area contributed by atoms with Crippen LogP contribution in [0, 0.1) is 17.1 Å². The maximum absolute atomic E-state index is 14.1. The summed E-state index contributed by atoms with van der Waals surface area (Å²) in [7, 11) is -3.53. The Morgan fingerprint density at radius 2 is 2.03 bits per heavy atom. The van der Waals surface area contributed by atoms with Gasteiger partial charge in [0.05, 0.1) is 47.1 Å². The number of hydrogen-bond donors (Lipinski definition) is 3. The van der Waals surface area contributed by atoms with E-state index in [-0.39, 0.29) is 22.9 Å². The number of rotatable bonds is 6. The first-order valence-electron chi connectivity index (χ1n) is 9.54. The molecule has 0 saturated heterocycles. The molecule has 13 heteroatoms. The van der Waals surface area contributed by atoms with Gasteiger partial charge in [-0.2, -0.15) is 5.26 Å². The number of nitrogens with zero attached hydrogens (tertiary/aromatic N) is 6. The summed E-state index contributed by atoms with van der Waals surface area (Å²) in [6.07, 6.45) is 5.11. The molecule has 1 atom stereocenters. The number of anilines is 3. The van der Waals surface area contributed by atoms with E-state index in [0.717, 1.165) is 6.26 Å². The molecule has 1 unspecified atom stereocenters. The zero-order valence-electron chi connectivity index (χ0n) is 17.5. The zero-order chi connectivity index (χ0) is 23.8. The SMILES string of the molecule is CC(Nc1ncnc(N)c1C#N)c1nc2ccc(F)cc2n1-c1cncc(NS(C)(=O)=O)c1. The van der Waals surface area contributed by atoms with Crippen molar-refractivity contribution in [3.8, 4) is 11.8 Å². The van der Waals surface area contributed by atoms with Gasteiger partial charge in [0.1, 0.15) is 41.2 Å². The third kappa shape index (κ3) is 4.51. The number of sulfonamides is 1. The lowest BCUT2D eigenvalue weighted by atomic mass is 10.2. The number of nitriles is 1. The third-order valence-corrected chi connectivity index (χ3v) is 5.26. The molecule has 0 aliphatic heterocycles. The average molecular weight is 467 g/mol. The molecule has 33 heavy (non-hydrogen) atoms. The molecule has 11 nitrogen and oxygen atoms in total. The van der Waals surface area contributed by atoms with Gasteiger partial charge < -0.3 is 11.1 Å². The van der Waals surface area contributed by atoms with E-state index < -0.39 is 21.9 Å². The van der Waals surface area contributed by atoms with Gasteiger partial charge in [0.15, 0.2) is 0 Å². The van der Waals surface area contributed by atoms with Gasteiger partial charge in [-0.15, -0.1) is 0 Å². The van der Waals surface area contributed by atoms with E-state index in [0.29, 0.717) is 22.5 Å². The Balaban J connectivity index is 1.85. The number of nitrogen functional groups attached to an aromatic ring is 1. The van der Waals surface area contributed by atoms with Crippen molar-refractivity contribution in [1.29, 1.82) is 5.26 Å². The van der Waals surface area contributed by atoms with Crippen LogP contribution in [0.2, 0.25) is 0 Å². The van der Waals surface area contributed by atoms with Crippen molar-refractivity contribution >= 4 is 38.4 Å². The van der Waals surface area contributed by atoms with E-state index in [1.165, 1.54) is 36.9 Å². The highest BCUT2D eigenvalue weighted by Gasteiger charge is 2.21. The Labute approximate surface area is 188 Å². The van der Waals surface area contributed by atoms with Gasteiger partial charge >= 0.3 is 0 Å². The molecule has 0 amide bonds. The maximum Gasteiger partial charge on any atom is 0.229 e. The number of fused-ring (bicyclic) bond motifs is 1. The van der Waals surface area contributed by atoms with Crippen molar-refractivity contribution in [3.05, 3.63) is 60.2 Å². The number of nitrogens with one attached hydrogen (secondary N) is 2. The molecule has 1 aromatic carbocycles. The maximum atomic E-state index is 14.1. The minimum absolute atomic E-state index is 0.0292. The van der Waals surface area contributed by atoms with Crippen molar-refractivity contribution in [2.75, 3.05) is 22.0 Å². The predicted molar refractivity (Wildman–Crippen MR) is 120 cm³/mol. The van der Waals surface area contributed by atoms with Gasteiger partial charge in [0, 0.05) is 6.07 Å². The Hall–Kier alpha value is -4.31. The van der Waals surface area contributed by atoms with Crippen LogP contribution in [0.3, 0.4) is 0 Å². The number of pyridine rings is 1. The summed E-state index contributed by atoms with van der Waals surface area (Å²) in [5.74, 6) is 0.217. The van der Waals surface area contributed by atoms with Crippen LogP contribution in [-0.2, 0) is 10.0 Å². The molecular formula is C20H18FN9O2S. The van der Waals surface area contributed by atoms with E-state index in [4.69, 9.17) is 5.73 Å². The number of halogens is 1. The quantitative estimate of drug-likeness (QED) is 0.386. The molecule has 4 aromatic rings. The normalized spacial score (nSPS) is 12.3. The van der Waals surface area contributed by atoms with E-state index in [9.17, 15) is 18.1 Å². The smallest absolute Gasteiger partial charge is 0.229 e. The lowest BCUT2D eigenvalue weighted by molar-refractivity contribution is 0.606. The van der Waals surface area contributed by atoms with Gasteiger partial charge in [-0.25, -0.2) is 27.8 Å². The van der Waals surface area contributed by atoms with Crippen LogP contribution in [0.1, 0.15) is 24.4 Å². The van der Waals surface area contributed by atoms with Gasteiger partial charge in [0.2, 0.25) is 10.0 Å². The Bertz CT molecular complexity index is 1510. The van der Waals surface area contributed by atoms with Gasteiger partial charge in [-0.1, -0.05) is 0 Å². The van der Waals surface area contributed by atoms with Crippen LogP contribution in [0.5, 0.6) is 0 Å². The highest BCUT2D eigenvalue weighted by Crippen LogP contribution is 2.29. The summed E-state index contributed by atoms with van der Waals surface area (Å²) in [4.78, 5) is 16.6. The topological polar surface area (TPSA) is 164 Å². The molecule has 0 aliphatic rings. The molecule has 3 heterocycles. The largest absolute Gasteiger partial charge is 0.382 e. The fourth-order valence-corrected chi connectivity index (χ4v) is 3.88. The summed E-state index contributed by atoms with van der Waals surface area (Å²) in [5, 5.41) is 12.5. The lowest BCUT2D eigenvalue weighted by Gasteiger charge is -2.18. The molecule has 0 bridgehead atoms. The van der Waals surface area contributed by atoms with Crippen LogP contribution < -0.4 is 15.8 Å². The summed E-state index contributed by atoms with van der Waals surface area (Å²) in [5.41, 5.74) is 7.48. The van der Waals surface area contributed by atoms with Crippen LogP contribution in [-0.4, -0.2) is 39.2 Å². The average Bonchev–Trinajstić information content (AvgIpc) is 3.11. The van der Waals surface area contributed by atoms with E-state index >= 15 is 0 Å². The molecule has 4 rings (SSSR count). The van der Waals surface area contributed by atoms with Crippen molar-refractivity contribution in [2.24, 2.45) is 0 Å². The molecule has 4 N–H and O–H groups in total. The number of aromatic nitrogens is 5. The third-order valence-electron chi connectivity index (χ3n) is 4.66. The molecule has 0 aliphatic carbocycles. The van der Waals surface area contributed by atoms with Crippen molar-refractivity contribution in [2.45, 2.75) is 13.0 Å². The van der Waals surface area contributed by atoms with Crippen LogP contribution in [0.4, 0.5) is 21.7 Å². The molecule has 3 aromatic heterocycles. The fraction of sp³-hybridized carbons (Fsp3) is 0.150. The van der Waals surface area contributed by atoms with E-state index in [1.54, 1.807) is 17.6 Å². The number of hydrogen-bond acceptors (Lipinski definition) is 9. The molecule has 0 spiro atoms. The fourth-order valence-electron chi connectivity index (χ4n) is 3.34. The minimum Gasteiger partial charge on any atom is -0.382 e. The number of imidazole rings is 1. The summed E-state index contributed by atoms with van der Waals surface area (Å²) >= 11 is 0. The van der Waals surface area contributed by atoms with Gasteiger partial charge in [0.25, 0.3) is 0 Å². The summed E-state index contributed by atoms with van der Waals surface area (Å²) in [6, 6.07) is 7.13. The highest BCUT2D eigenvalue weighted by molar-refractivity contribution is 7.92. The van der Waals surface area contributed by atoms with E-state index in [1.807, 2.05) is 6.07 Å². The Morgan fingerprint density at radius 3 is 2.76 bits per heavy atom. The van der Waals surface area contributed by atoms with Crippen molar-refractivity contribution in [1.82, 2.24) is 24.5 Å². The monoisotopic (exact) mass is 467 g/mol. The second-order valence-electron chi connectivity index (χ2n) is 7.20. The van der Waals surface area contributed by atoms with Crippen molar-refractivity contribution < 1.29 is 12.8 Å². The molecule has 0 fully saturated rings.